The Labute approximate surface area is 180 Å². The van der Waals surface area contributed by atoms with Crippen LogP contribution in [0.4, 0.5) is 0 Å². The third-order valence-electron chi connectivity index (χ3n) is 6.56. The highest BCUT2D eigenvalue weighted by Crippen LogP contribution is 2.33. The number of hydrogen-bond acceptors (Lipinski definition) is 3. The van der Waals surface area contributed by atoms with E-state index in [1.807, 2.05) is 25.6 Å². The molecule has 0 radical (unpaired) electrons. The molecule has 2 heterocycles. The van der Waals surface area contributed by atoms with Crippen LogP contribution in [0.15, 0.2) is 30.3 Å². The monoisotopic (exact) mass is 416 g/mol. The fraction of sp³-hybridized carbons (Fsp3) is 0.667. The van der Waals surface area contributed by atoms with Crippen molar-refractivity contribution in [2.24, 2.45) is 5.92 Å². The second-order valence-electron chi connectivity index (χ2n) is 8.45. The van der Waals surface area contributed by atoms with Crippen molar-refractivity contribution < 1.29 is 9.59 Å². The van der Waals surface area contributed by atoms with Gasteiger partial charge in [0, 0.05) is 23.8 Å². The lowest BCUT2D eigenvalue weighted by molar-refractivity contribution is -0.138. The number of thioether (sulfide) groups is 1. The number of nitrogens with zero attached hydrogens (tertiary/aromatic N) is 1. The molecule has 160 valence electrons. The predicted molar refractivity (Wildman–Crippen MR) is 121 cm³/mol. The second-order valence-corrected chi connectivity index (χ2v) is 9.60. The van der Waals surface area contributed by atoms with Crippen molar-refractivity contribution in [1.29, 1.82) is 0 Å². The van der Waals surface area contributed by atoms with Crippen LogP contribution in [0.2, 0.25) is 0 Å². The summed E-state index contributed by atoms with van der Waals surface area (Å²) in [4.78, 5) is 28.0. The molecule has 2 amide bonds. The molecule has 0 spiro atoms. The average molecular weight is 417 g/mol. The quantitative estimate of drug-likeness (QED) is 0.606. The van der Waals surface area contributed by atoms with E-state index in [1.54, 1.807) is 0 Å². The smallest absolute Gasteiger partial charge is 0.245 e. The van der Waals surface area contributed by atoms with Crippen LogP contribution in [0.3, 0.4) is 0 Å². The first-order valence-corrected chi connectivity index (χ1v) is 12.5. The molecular formula is C24H36N2O2S. The highest BCUT2D eigenvalue weighted by atomic mass is 32.2. The molecule has 0 saturated carbocycles. The van der Waals surface area contributed by atoms with Gasteiger partial charge in [-0.2, -0.15) is 11.8 Å². The number of hydrogen-bond donors (Lipinski definition) is 1. The van der Waals surface area contributed by atoms with Crippen molar-refractivity contribution in [3.63, 3.8) is 0 Å². The van der Waals surface area contributed by atoms with Gasteiger partial charge in [0.25, 0.3) is 0 Å². The molecule has 4 nitrogen and oxygen atoms in total. The van der Waals surface area contributed by atoms with Gasteiger partial charge in [0.1, 0.15) is 6.04 Å². The van der Waals surface area contributed by atoms with E-state index in [4.69, 9.17) is 0 Å². The lowest BCUT2D eigenvalue weighted by Crippen LogP contribution is -2.52. The molecule has 3 rings (SSSR count). The van der Waals surface area contributed by atoms with Crippen molar-refractivity contribution in [3.8, 4) is 0 Å². The van der Waals surface area contributed by atoms with Crippen LogP contribution in [0, 0.1) is 5.92 Å². The topological polar surface area (TPSA) is 49.4 Å². The van der Waals surface area contributed by atoms with Gasteiger partial charge in [0.05, 0.1) is 0 Å². The molecule has 3 atom stereocenters. The molecule has 1 aromatic rings. The van der Waals surface area contributed by atoms with Crippen LogP contribution in [-0.2, 0) is 16.0 Å². The van der Waals surface area contributed by atoms with Crippen LogP contribution in [-0.4, -0.2) is 46.3 Å². The predicted octanol–water partition coefficient (Wildman–Crippen LogP) is 4.43. The minimum atomic E-state index is -0.331. The van der Waals surface area contributed by atoms with Crippen LogP contribution in [0.5, 0.6) is 0 Å². The molecule has 2 aliphatic rings. The number of amides is 2. The fourth-order valence-electron chi connectivity index (χ4n) is 4.77. The first kappa shape index (κ1) is 22.2. The Hall–Kier alpha value is -1.49. The average Bonchev–Trinajstić information content (AvgIpc) is 3.07. The van der Waals surface area contributed by atoms with Crippen LogP contribution >= 0.6 is 11.8 Å². The summed E-state index contributed by atoms with van der Waals surface area (Å²) in [5.74, 6) is 2.33. The summed E-state index contributed by atoms with van der Waals surface area (Å²) in [7, 11) is 0. The minimum Gasteiger partial charge on any atom is -0.344 e. The summed E-state index contributed by atoms with van der Waals surface area (Å²) in [6, 6.07) is 11.0. The molecule has 0 aliphatic carbocycles. The molecule has 0 unspecified atom stereocenters. The fourth-order valence-corrected chi connectivity index (χ4v) is 5.91. The third kappa shape index (κ3) is 5.78. The van der Waals surface area contributed by atoms with E-state index in [2.05, 4.69) is 40.5 Å². The molecule has 1 aromatic carbocycles. The van der Waals surface area contributed by atoms with E-state index in [9.17, 15) is 9.59 Å². The number of carbonyl (C=O) groups is 2. The van der Waals surface area contributed by atoms with Crippen molar-refractivity contribution in [2.75, 3.05) is 11.5 Å². The Morgan fingerprint density at radius 3 is 2.62 bits per heavy atom. The zero-order valence-electron chi connectivity index (χ0n) is 17.9. The van der Waals surface area contributed by atoms with Gasteiger partial charge in [-0.15, -0.1) is 0 Å². The van der Waals surface area contributed by atoms with Crippen LogP contribution < -0.4 is 5.32 Å². The summed E-state index contributed by atoms with van der Waals surface area (Å²) in [5, 5.41) is 3.10. The van der Waals surface area contributed by atoms with Gasteiger partial charge < -0.3 is 10.2 Å². The molecule has 5 heteroatoms. The summed E-state index contributed by atoms with van der Waals surface area (Å²) >= 11 is 1.96. The maximum atomic E-state index is 13.3. The van der Waals surface area contributed by atoms with Gasteiger partial charge in [-0.25, -0.2) is 0 Å². The Morgan fingerprint density at radius 2 is 1.90 bits per heavy atom. The summed E-state index contributed by atoms with van der Waals surface area (Å²) in [6.45, 7) is 4.09. The SMILES string of the molecule is CCC(CC)C(=O)N[C@H]1CCC[C@H]2CC[C@@H](CSCCc3ccccc3)N2C1=O. The van der Waals surface area contributed by atoms with Gasteiger partial charge >= 0.3 is 0 Å². The Morgan fingerprint density at radius 1 is 1.14 bits per heavy atom. The number of fused-ring (bicyclic) bond motifs is 1. The standard InChI is InChI=1S/C24H36N2O2S/c1-3-19(4-2)23(27)25-22-12-8-11-20-13-14-21(26(20)24(22)28)17-29-16-15-18-9-6-5-7-10-18/h5-7,9-10,19-22H,3-4,8,11-17H2,1-2H3,(H,25,27)/t20-,21-,22-/m0/s1. The van der Waals surface area contributed by atoms with Gasteiger partial charge in [-0.1, -0.05) is 44.2 Å². The maximum Gasteiger partial charge on any atom is 0.245 e. The van der Waals surface area contributed by atoms with Crippen molar-refractivity contribution in [2.45, 2.75) is 83.3 Å². The Bertz CT molecular complexity index is 662. The van der Waals surface area contributed by atoms with E-state index in [0.717, 1.165) is 62.9 Å². The minimum absolute atomic E-state index is 0.0183. The van der Waals surface area contributed by atoms with Crippen LogP contribution in [0.25, 0.3) is 0 Å². The normalized spacial score (nSPS) is 24.4. The van der Waals surface area contributed by atoms with E-state index >= 15 is 0 Å². The Balaban J connectivity index is 1.54. The van der Waals surface area contributed by atoms with Crippen molar-refractivity contribution in [3.05, 3.63) is 35.9 Å². The van der Waals surface area contributed by atoms with E-state index < -0.39 is 0 Å². The summed E-state index contributed by atoms with van der Waals surface area (Å²) < 4.78 is 0. The lowest BCUT2D eigenvalue weighted by atomic mass is 10.0. The molecule has 2 aliphatic heterocycles. The van der Waals surface area contributed by atoms with E-state index in [1.165, 1.54) is 5.56 Å². The summed E-state index contributed by atoms with van der Waals surface area (Å²) in [6.07, 6.45) is 7.83. The molecule has 29 heavy (non-hydrogen) atoms. The Kier molecular flexibility index (Phi) is 8.46. The van der Waals surface area contributed by atoms with Crippen LogP contribution in [0.1, 0.15) is 64.4 Å². The molecule has 0 bridgehead atoms. The summed E-state index contributed by atoms with van der Waals surface area (Å²) in [5.41, 5.74) is 1.37. The highest BCUT2D eigenvalue weighted by molar-refractivity contribution is 7.99. The first-order chi connectivity index (χ1) is 14.1. The molecule has 2 saturated heterocycles. The first-order valence-electron chi connectivity index (χ1n) is 11.4. The zero-order chi connectivity index (χ0) is 20.6. The highest BCUT2D eigenvalue weighted by Gasteiger charge is 2.41. The second kappa shape index (κ2) is 11.1. The number of aryl methyl sites for hydroxylation is 1. The number of nitrogens with one attached hydrogen (secondary N) is 1. The number of rotatable bonds is 9. The maximum absolute atomic E-state index is 13.3. The number of benzene rings is 1. The van der Waals surface area contributed by atoms with Crippen molar-refractivity contribution in [1.82, 2.24) is 10.2 Å². The molecule has 2 fully saturated rings. The van der Waals surface area contributed by atoms with E-state index in [0.29, 0.717) is 12.1 Å². The van der Waals surface area contributed by atoms with Crippen molar-refractivity contribution >= 4 is 23.6 Å². The third-order valence-corrected chi connectivity index (χ3v) is 7.68. The van der Waals surface area contributed by atoms with E-state index in [-0.39, 0.29) is 23.8 Å². The number of carbonyl (C=O) groups excluding carboxylic acids is 2. The molecular weight excluding hydrogens is 380 g/mol. The van der Waals surface area contributed by atoms with Gasteiger partial charge in [0.2, 0.25) is 11.8 Å². The van der Waals surface area contributed by atoms with Gasteiger partial charge in [-0.05, 0) is 62.7 Å². The van der Waals surface area contributed by atoms with Gasteiger partial charge in [-0.3, -0.25) is 9.59 Å². The largest absolute Gasteiger partial charge is 0.344 e. The zero-order valence-corrected chi connectivity index (χ0v) is 18.8. The molecule has 0 aromatic heterocycles. The lowest BCUT2D eigenvalue weighted by Gasteiger charge is -2.31. The molecule has 1 N–H and O–H groups in total. The van der Waals surface area contributed by atoms with Gasteiger partial charge in [0.15, 0.2) is 0 Å².